The van der Waals surface area contributed by atoms with Gasteiger partial charge < -0.3 is 10.3 Å². The minimum absolute atomic E-state index is 0.0514. The lowest BCUT2D eigenvalue weighted by atomic mass is 10.1. The molecule has 1 fully saturated rings. The second-order valence-electron chi connectivity index (χ2n) is 7.89. The minimum Gasteiger partial charge on any atom is -0.349 e. The number of halogens is 3. The van der Waals surface area contributed by atoms with Gasteiger partial charge in [0.15, 0.2) is 0 Å². The molecule has 1 heterocycles. The van der Waals surface area contributed by atoms with Crippen LogP contribution in [0.1, 0.15) is 57.8 Å². The molecule has 1 aliphatic rings. The first-order valence-electron chi connectivity index (χ1n) is 10.2. The van der Waals surface area contributed by atoms with E-state index >= 15 is 0 Å². The Bertz CT molecular complexity index is 1180. The molecule has 4 N–H and O–H groups in total. The molecular weight excluding hydrogens is 423 g/mol. The summed E-state index contributed by atoms with van der Waals surface area (Å²) in [6.45, 7) is 1.71. The van der Waals surface area contributed by atoms with Gasteiger partial charge in [-0.1, -0.05) is 25.0 Å². The summed E-state index contributed by atoms with van der Waals surface area (Å²) in [5.41, 5.74) is -0.554. The SMILES string of the molecule is Cc1nc2c(C(=O)NC3CCCC3)cc(N(N)C(=O)c3ccccc3C(F)(F)F)cc2[nH]1. The number of carbonyl (C=O) groups is 2. The predicted molar refractivity (Wildman–Crippen MR) is 113 cm³/mol. The van der Waals surface area contributed by atoms with E-state index in [9.17, 15) is 22.8 Å². The van der Waals surface area contributed by atoms with Crippen LogP contribution >= 0.6 is 0 Å². The molecule has 32 heavy (non-hydrogen) atoms. The molecule has 0 aliphatic heterocycles. The number of alkyl halides is 3. The van der Waals surface area contributed by atoms with Crippen LogP contribution in [0.2, 0.25) is 0 Å². The molecule has 0 unspecified atom stereocenters. The first kappa shape index (κ1) is 21.8. The van der Waals surface area contributed by atoms with Gasteiger partial charge >= 0.3 is 6.18 Å². The second-order valence-corrected chi connectivity index (χ2v) is 7.89. The summed E-state index contributed by atoms with van der Waals surface area (Å²) in [5.74, 6) is 5.09. The Morgan fingerprint density at radius 1 is 1.16 bits per heavy atom. The quantitative estimate of drug-likeness (QED) is 0.320. The number of hydrogen-bond acceptors (Lipinski definition) is 4. The third-order valence-corrected chi connectivity index (χ3v) is 5.58. The topological polar surface area (TPSA) is 104 Å². The van der Waals surface area contributed by atoms with Crippen LogP contribution in [-0.4, -0.2) is 27.8 Å². The monoisotopic (exact) mass is 445 g/mol. The first-order valence-corrected chi connectivity index (χ1v) is 10.2. The highest BCUT2D eigenvalue weighted by Gasteiger charge is 2.36. The van der Waals surface area contributed by atoms with Crippen molar-refractivity contribution in [2.75, 3.05) is 5.01 Å². The van der Waals surface area contributed by atoms with E-state index < -0.39 is 23.2 Å². The van der Waals surface area contributed by atoms with Gasteiger partial charge in [-0.15, -0.1) is 0 Å². The van der Waals surface area contributed by atoms with E-state index in [-0.39, 0.29) is 23.2 Å². The Hall–Kier alpha value is -3.40. The number of amides is 2. The van der Waals surface area contributed by atoms with Crippen LogP contribution in [0.5, 0.6) is 0 Å². The average Bonchev–Trinajstić information content (AvgIpc) is 3.39. The van der Waals surface area contributed by atoms with Crippen molar-refractivity contribution in [3.05, 3.63) is 58.9 Å². The summed E-state index contributed by atoms with van der Waals surface area (Å²) in [6.07, 6.45) is -0.894. The van der Waals surface area contributed by atoms with E-state index in [1.165, 1.54) is 24.3 Å². The first-order chi connectivity index (χ1) is 15.1. The second kappa shape index (κ2) is 8.27. The molecule has 0 radical (unpaired) electrons. The van der Waals surface area contributed by atoms with Crippen molar-refractivity contribution in [2.24, 2.45) is 5.84 Å². The molecule has 10 heteroatoms. The van der Waals surface area contributed by atoms with E-state index in [1.807, 2.05) is 0 Å². The number of anilines is 1. The van der Waals surface area contributed by atoms with Gasteiger partial charge in [0.05, 0.1) is 27.9 Å². The summed E-state index contributed by atoms with van der Waals surface area (Å²) in [6, 6.07) is 7.33. The van der Waals surface area contributed by atoms with Crippen molar-refractivity contribution in [1.82, 2.24) is 15.3 Å². The Kier molecular flexibility index (Phi) is 5.64. The van der Waals surface area contributed by atoms with Crippen molar-refractivity contribution in [1.29, 1.82) is 0 Å². The molecule has 1 aliphatic carbocycles. The van der Waals surface area contributed by atoms with Gasteiger partial charge in [0, 0.05) is 6.04 Å². The lowest BCUT2D eigenvalue weighted by molar-refractivity contribution is -0.137. The highest BCUT2D eigenvalue weighted by Crippen LogP contribution is 2.33. The molecule has 3 aromatic rings. The largest absolute Gasteiger partial charge is 0.417 e. The molecule has 1 aromatic heterocycles. The molecule has 1 saturated carbocycles. The summed E-state index contributed by atoms with van der Waals surface area (Å²) in [7, 11) is 0. The number of carbonyl (C=O) groups excluding carboxylic acids is 2. The number of aromatic amines is 1. The number of imidazole rings is 1. The maximum Gasteiger partial charge on any atom is 0.417 e. The van der Waals surface area contributed by atoms with Gasteiger partial charge in [-0.3, -0.25) is 9.59 Å². The Morgan fingerprint density at radius 2 is 1.84 bits per heavy atom. The predicted octanol–water partition coefficient (Wildman–Crippen LogP) is 4.08. The number of nitrogens with two attached hydrogens (primary N) is 1. The van der Waals surface area contributed by atoms with Gasteiger partial charge in [-0.2, -0.15) is 13.2 Å². The molecular formula is C22H22F3N5O2. The molecule has 0 atom stereocenters. The van der Waals surface area contributed by atoms with Crippen molar-refractivity contribution < 1.29 is 22.8 Å². The highest BCUT2D eigenvalue weighted by atomic mass is 19.4. The molecule has 0 saturated heterocycles. The summed E-state index contributed by atoms with van der Waals surface area (Å²) < 4.78 is 40.1. The molecule has 2 amide bonds. The smallest absolute Gasteiger partial charge is 0.349 e. The van der Waals surface area contributed by atoms with E-state index in [4.69, 9.17) is 5.84 Å². The average molecular weight is 445 g/mol. The number of fused-ring (bicyclic) bond motifs is 1. The third-order valence-electron chi connectivity index (χ3n) is 5.58. The van der Waals surface area contributed by atoms with Crippen LogP contribution in [0.25, 0.3) is 11.0 Å². The molecule has 0 bridgehead atoms. The molecule has 2 aromatic carbocycles. The van der Waals surface area contributed by atoms with Gasteiger partial charge in [0.1, 0.15) is 11.3 Å². The van der Waals surface area contributed by atoms with Crippen molar-refractivity contribution in [3.63, 3.8) is 0 Å². The van der Waals surface area contributed by atoms with Crippen LogP contribution in [0.15, 0.2) is 36.4 Å². The van der Waals surface area contributed by atoms with Crippen LogP contribution < -0.4 is 16.2 Å². The van der Waals surface area contributed by atoms with Gasteiger partial charge in [0.25, 0.3) is 11.8 Å². The zero-order chi connectivity index (χ0) is 23.0. The number of hydrazine groups is 1. The number of aryl methyl sites for hydroxylation is 1. The number of aromatic nitrogens is 2. The van der Waals surface area contributed by atoms with E-state index in [2.05, 4.69) is 15.3 Å². The van der Waals surface area contributed by atoms with Crippen molar-refractivity contribution in [3.8, 4) is 0 Å². The van der Waals surface area contributed by atoms with Crippen LogP contribution in [0.4, 0.5) is 18.9 Å². The Morgan fingerprint density at radius 3 is 2.53 bits per heavy atom. The molecule has 168 valence electrons. The van der Waals surface area contributed by atoms with Gasteiger partial charge in [-0.25, -0.2) is 15.8 Å². The van der Waals surface area contributed by atoms with Gasteiger partial charge in [0.2, 0.25) is 0 Å². The lowest BCUT2D eigenvalue weighted by Crippen LogP contribution is -2.39. The molecule has 0 spiro atoms. The fourth-order valence-electron chi connectivity index (χ4n) is 4.03. The highest BCUT2D eigenvalue weighted by molar-refractivity contribution is 6.10. The number of nitrogens with zero attached hydrogens (tertiary/aromatic N) is 2. The summed E-state index contributed by atoms with van der Waals surface area (Å²) >= 11 is 0. The minimum atomic E-state index is -4.72. The molecule has 7 nitrogen and oxygen atoms in total. The third kappa shape index (κ3) is 4.18. The maximum absolute atomic E-state index is 13.4. The van der Waals surface area contributed by atoms with Crippen LogP contribution in [0.3, 0.4) is 0 Å². The Labute approximate surface area is 181 Å². The number of H-pyrrole nitrogens is 1. The standard InChI is InChI=1S/C22H22F3N5O2/c1-12-27-18-11-14(10-16(19(18)28-12)20(31)29-13-6-2-3-7-13)30(26)21(32)15-8-4-5-9-17(15)22(23,24)25/h4-5,8-11,13H,2-3,6-7,26H2,1H3,(H,27,28)(H,29,31). The number of nitrogens with one attached hydrogen (secondary N) is 2. The zero-order valence-corrected chi connectivity index (χ0v) is 17.3. The number of hydrogen-bond donors (Lipinski definition) is 3. The Balaban J connectivity index is 1.73. The number of rotatable bonds is 4. The normalized spacial score (nSPS) is 14.7. The van der Waals surface area contributed by atoms with E-state index in [1.54, 1.807) is 6.92 Å². The maximum atomic E-state index is 13.4. The van der Waals surface area contributed by atoms with E-state index in [0.717, 1.165) is 37.8 Å². The van der Waals surface area contributed by atoms with Gasteiger partial charge in [-0.05, 0) is 44.0 Å². The van der Waals surface area contributed by atoms with Crippen LogP contribution in [-0.2, 0) is 6.18 Å². The van der Waals surface area contributed by atoms with Crippen molar-refractivity contribution in [2.45, 2.75) is 44.8 Å². The van der Waals surface area contributed by atoms with Crippen molar-refractivity contribution >= 4 is 28.5 Å². The van der Waals surface area contributed by atoms with Crippen LogP contribution in [0, 0.1) is 6.92 Å². The fourth-order valence-corrected chi connectivity index (χ4v) is 4.03. The van der Waals surface area contributed by atoms with E-state index in [0.29, 0.717) is 21.9 Å². The molecule has 4 rings (SSSR count). The number of benzene rings is 2. The zero-order valence-electron chi connectivity index (χ0n) is 17.3. The fraction of sp³-hybridized carbons (Fsp3) is 0.318. The summed E-state index contributed by atoms with van der Waals surface area (Å²) in [5, 5.41) is 3.58. The summed E-state index contributed by atoms with van der Waals surface area (Å²) in [4.78, 5) is 33.2. The lowest BCUT2D eigenvalue weighted by Gasteiger charge is -2.20.